The van der Waals surface area contributed by atoms with Gasteiger partial charge in [-0.15, -0.1) is 0 Å². The number of aliphatic hydroxyl groups is 2. The van der Waals surface area contributed by atoms with Crippen LogP contribution in [0.2, 0.25) is 0 Å². The number of phenols is 2. The number of ether oxygens (including phenoxy) is 4. The first-order valence-electron chi connectivity index (χ1n) is 14.5. The van der Waals surface area contributed by atoms with E-state index >= 15 is 0 Å². The molecule has 230 valence electrons. The molecule has 2 aliphatic carbocycles. The van der Waals surface area contributed by atoms with E-state index in [1.807, 2.05) is 11.8 Å². The molecule has 6 atom stereocenters. The fraction of sp³-hybridized carbons (Fsp3) is 0.516. The van der Waals surface area contributed by atoms with Crippen LogP contribution in [0.25, 0.3) is 0 Å². The topological polar surface area (TPSA) is 172 Å². The van der Waals surface area contributed by atoms with Gasteiger partial charge in [-0.1, -0.05) is 12.1 Å². The van der Waals surface area contributed by atoms with E-state index in [-0.39, 0.29) is 70.7 Å². The van der Waals surface area contributed by atoms with Crippen LogP contribution in [0.5, 0.6) is 17.2 Å². The van der Waals surface area contributed by atoms with Gasteiger partial charge in [0.2, 0.25) is 5.78 Å². The summed E-state index contributed by atoms with van der Waals surface area (Å²) in [5.74, 6) is -3.49. The summed E-state index contributed by atoms with van der Waals surface area (Å²) in [6.07, 6.45) is -1.88. The predicted molar refractivity (Wildman–Crippen MR) is 148 cm³/mol. The van der Waals surface area contributed by atoms with Gasteiger partial charge >= 0.3 is 0 Å². The molecule has 1 unspecified atom stereocenters. The summed E-state index contributed by atoms with van der Waals surface area (Å²) < 4.78 is 23.2. The smallest absolute Gasteiger partial charge is 0.202 e. The zero-order valence-electron chi connectivity index (χ0n) is 23.9. The summed E-state index contributed by atoms with van der Waals surface area (Å²) in [4.78, 5) is 42.1. The Morgan fingerprint density at radius 1 is 1.07 bits per heavy atom. The SMILES string of the molecule is COc1cccc2c1C(=O)c1c(O)c3c(c(O)c1C2=O)C[C@@H](C(=O)CO)C[C@@H]3O[C@H]1CC(N2CCOC[C@H]2O)C[C@H](C)O1. The van der Waals surface area contributed by atoms with E-state index in [2.05, 4.69) is 0 Å². The molecule has 43 heavy (non-hydrogen) atoms. The van der Waals surface area contributed by atoms with E-state index in [9.17, 15) is 34.8 Å². The minimum absolute atomic E-state index is 0.0184. The van der Waals surface area contributed by atoms with Crippen LogP contribution in [-0.2, 0) is 25.4 Å². The van der Waals surface area contributed by atoms with Gasteiger partial charge in [0.05, 0.1) is 49.2 Å². The summed E-state index contributed by atoms with van der Waals surface area (Å²) in [5, 5.41) is 43.4. The molecular weight excluding hydrogens is 562 g/mol. The van der Waals surface area contributed by atoms with Gasteiger partial charge in [0, 0.05) is 41.6 Å². The number of carbonyl (C=O) groups excluding carboxylic acids is 3. The van der Waals surface area contributed by atoms with Gasteiger partial charge in [-0.3, -0.25) is 19.3 Å². The number of morpholine rings is 1. The molecule has 2 saturated heterocycles. The van der Waals surface area contributed by atoms with Crippen molar-refractivity contribution in [3.05, 3.63) is 51.6 Å². The Kier molecular flexibility index (Phi) is 8.01. The minimum atomic E-state index is -1.02. The monoisotopic (exact) mass is 597 g/mol. The molecule has 0 aromatic heterocycles. The number of Topliss-reactive ketones (excluding diaryl/α,β-unsaturated/α-hetero) is 1. The van der Waals surface area contributed by atoms with Crippen molar-refractivity contribution in [1.82, 2.24) is 4.90 Å². The molecule has 2 aliphatic heterocycles. The molecule has 4 N–H and O–H groups in total. The highest BCUT2D eigenvalue weighted by Gasteiger charge is 2.45. The lowest BCUT2D eigenvalue weighted by atomic mass is 9.73. The third-order valence-electron chi connectivity index (χ3n) is 9.03. The number of aliphatic hydroxyl groups excluding tert-OH is 2. The van der Waals surface area contributed by atoms with Crippen molar-refractivity contribution in [2.45, 2.75) is 63.4 Å². The number of rotatable bonds is 6. The van der Waals surface area contributed by atoms with E-state index in [0.717, 1.165) is 0 Å². The molecule has 2 aromatic rings. The number of hydrogen-bond acceptors (Lipinski definition) is 12. The van der Waals surface area contributed by atoms with Crippen LogP contribution in [0, 0.1) is 5.92 Å². The highest BCUT2D eigenvalue weighted by atomic mass is 16.7. The van der Waals surface area contributed by atoms with Gasteiger partial charge in [-0.05, 0) is 32.3 Å². The van der Waals surface area contributed by atoms with Gasteiger partial charge in [0.25, 0.3) is 0 Å². The van der Waals surface area contributed by atoms with E-state index in [4.69, 9.17) is 18.9 Å². The van der Waals surface area contributed by atoms with Crippen LogP contribution in [0.15, 0.2) is 18.2 Å². The first-order chi connectivity index (χ1) is 20.6. The van der Waals surface area contributed by atoms with Gasteiger partial charge in [-0.25, -0.2) is 0 Å². The van der Waals surface area contributed by atoms with Crippen LogP contribution in [-0.4, -0.2) is 101 Å². The normalized spacial score (nSPS) is 29.0. The highest BCUT2D eigenvalue weighted by molar-refractivity contribution is 6.31. The lowest BCUT2D eigenvalue weighted by Gasteiger charge is -2.44. The Bertz CT molecular complexity index is 1470. The largest absolute Gasteiger partial charge is 0.507 e. The van der Waals surface area contributed by atoms with Crippen LogP contribution in [0.4, 0.5) is 0 Å². The minimum Gasteiger partial charge on any atom is -0.507 e. The predicted octanol–water partition coefficient (Wildman–Crippen LogP) is 1.61. The van der Waals surface area contributed by atoms with Gasteiger partial charge < -0.3 is 39.4 Å². The van der Waals surface area contributed by atoms with Crippen molar-refractivity contribution in [3.8, 4) is 17.2 Å². The second kappa shape index (κ2) is 11.6. The summed E-state index contributed by atoms with van der Waals surface area (Å²) in [6, 6.07) is 4.44. The molecule has 0 amide bonds. The van der Waals surface area contributed by atoms with Crippen molar-refractivity contribution < 1.29 is 53.8 Å². The number of carbonyl (C=O) groups is 3. The average molecular weight is 598 g/mol. The lowest BCUT2D eigenvalue weighted by Crippen LogP contribution is -2.54. The number of nitrogens with zero attached hydrogens (tertiary/aromatic N) is 1. The molecular formula is C31H35NO11. The number of fused-ring (bicyclic) bond motifs is 3. The van der Waals surface area contributed by atoms with Crippen molar-refractivity contribution in [2.75, 3.05) is 33.5 Å². The number of ketones is 3. The Labute approximate surface area is 247 Å². The third-order valence-corrected chi connectivity index (χ3v) is 9.03. The van der Waals surface area contributed by atoms with Crippen molar-refractivity contribution in [2.24, 2.45) is 5.92 Å². The van der Waals surface area contributed by atoms with Crippen LogP contribution in [0.3, 0.4) is 0 Å². The summed E-state index contributed by atoms with van der Waals surface area (Å²) in [5.41, 5.74) is -0.486. The maximum atomic E-state index is 13.8. The van der Waals surface area contributed by atoms with E-state index in [0.29, 0.717) is 26.0 Å². The molecule has 6 rings (SSSR count). The molecule has 12 nitrogen and oxygen atoms in total. The molecule has 2 heterocycles. The average Bonchev–Trinajstić information content (AvgIpc) is 3.00. The molecule has 0 saturated carbocycles. The molecule has 0 spiro atoms. The Hall–Kier alpha value is -3.39. The molecule has 2 aromatic carbocycles. The Balaban J connectivity index is 1.41. The van der Waals surface area contributed by atoms with Crippen LogP contribution >= 0.6 is 0 Å². The van der Waals surface area contributed by atoms with Gasteiger partial charge in [-0.2, -0.15) is 0 Å². The Morgan fingerprint density at radius 2 is 1.84 bits per heavy atom. The number of methoxy groups -OCH3 is 1. The lowest BCUT2D eigenvalue weighted by molar-refractivity contribution is -0.240. The standard InChI is InChI=1S/C31H35NO11/c1-14-8-16(32-6-7-41-13-22(32)35)11-23(42-14)43-21-10-15(19(34)12-33)9-18-25(21)31(39)27-26(29(18)37)28(36)17-4-3-5-20(40-2)24(17)30(27)38/h3-5,14-16,21-23,33,35,37,39H,6-13H2,1-2H3/t14-,15+,16?,21-,22+,23-/m0/s1. The zero-order chi connectivity index (χ0) is 30.6. The fourth-order valence-electron chi connectivity index (χ4n) is 7.02. The van der Waals surface area contributed by atoms with E-state index in [1.165, 1.54) is 19.2 Å². The zero-order valence-corrected chi connectivity index (χ0v) is 23.9. The second-order valence-electron chi connectivity index (χ2n) is 11.6. The van der Waals surface area contributed by atoms with Gasteiger partial charge in [0.15, 0.2) is 17.9 Å². The van der Waals surface area contributed by atoms with Gasteiger partial charge in [0.1, 0.15) is 30.1 Å². The molecule has 2 fully saturated rings. The third kappa shape index (κ3) is 5.01. The number of benzene rings is 2. The molecule has 4 aliphatic rings. The Morgan fingerprint density at radius 3 is 2.56 bits per heavy atom. The number of phenolic OH excluding ortho intramolecular Hbond substituents is 2. The van der Waals surface area contributed by atoms with E-state index < -0.39 is 60.0 Å². The first-order valence-corrected chi connectivity index (χ1v) is 14.5. The molecule has 0 bridgehead atoms. The number of aromatic hydroxyl groups is 2. The van der Waals surface area contributed by atoms with Crippen molar-refractivity contribution in [1.29, 1.82) is 0 Å². The molecule has 12 heteroatoms. The summed E-state index contributed by atoms with van der Waals surface area (Å²) in [6.45, 7) is 2.36. The van der Waals surface area contributed by atoms with Crippen molar-refractivity contribution in [3.63, 3.8) is 0 Å². The van der Waals surface area contributed by atoms with E-state index in [1.54, 1.807) is 6.07 Å². The summed E-state index contributed by atoms with van der Waals surface area (Å²) >= 11 is 0. The first kappa shape index (κ1) is 29.7. The van der Waals surface area contributed by atoms with Crippen LogP contribution in [0.1, 0.15) is 75.3 Å². The maximum absolute atomic E-state index is 13.8. The van der Waals surface area contributed by atoms with Crippen molar-refractivity contribution >= 4 is 17.3 Å². The fourth-order valence-corrected chi connectivity index (χ4v) is 7.02. The second-order valence-corrected chi connectivity index (χ2v) is 11.6. The van der Waals surface area contributed by atoms with Crippen LogP contribution < -0.4 is 4.74 Å². The molecule has 0 radical (unpaired) electrons. The maximum Gasteiger partial charge on any atom is 0.202 e. The number of hydrogen-bond donors (Lipinski definition) is 4. The quantitative estimate of drug-likeness (QED) is 0.303. The highest BCUT2D eigenvalue weighted by Crippen LogP contribution is 2.51. The summed E-state index contributed by atoms with van der Waals surface area (Å²) in [7, 11) is 1.36.